The van der Waals surface area contributed by atoms with Crippen LogP contribution in [0.5, 0.6) is 0 Å². The zero-order chi connectivity index (χ0) is 34.4. The molecule has 1 aliphatic rings. The first-order valence-corrected chi connectivity index (χ1v) is 15.6. The van der Waals surface area contributed by atoms with Crippen molar-refractivity contribution in [3.63, 3.8) is 0 Å². The molecule has 0 unspecified atom stereocenters. The van der Waals surface area contributed by atoms with Crippen LogP contribution in [-0.4, -0.2) is 121 Å². The van der Waals surface area contributed by atoms with Crippen molar-refractivity contribution in [2.45, 2.75) is 111 Å². The van der Waals surface area contributed by atoms with Gasteiger partial charge in [-0.25, -0.2) is 0 Å². The third kappa shape index (κ3) is 15.2. The number of hydrogen-bond donors (Lipinski definition) is 0. The quantitative estimate of drug-likeness (QED) is 0.0906. The average Bonchev–Trinajstić information content (AvgIpc) is 3.00. The Morgan fingerprint density at radius 3 is 1.49 bits per heavy atom. The van der Waals surface area contributed by atoms with Crippen LogP contribution in [0, 0.1) is 5.41 Å². The summed E-state index contributed by atoms with van der Waals surface area (Å²) in [5.41, 5.74) is 16.1. The minimum atomic E-state index is -0.919. The predicted molar refractivity (Wildman–Crippen MR) is 171 cm³/mol. The summed E-state index contributed by atoms with van der Waals surface area (Å²) < 4.78 is 16.5. The fourth-order valence-corrected chi connectivity index (χ4v) is 5.45. The summed E-state index contributed by atoms with van der Waals surface area (Å²) in [4.78, 5) is 51.6. The van der Waals surface area contributed by atoms with Gasteiger partial charge in [0.05, 0.1) is 13.5 Å². The monoisotopic (exact) mass is 637 g/mol. The van der Waals surface area contributed by atoms with Crippen LogP contribution in [0.4, 0.5) is 0 Å². The summed E-state index contributed by atoms with van der Waals surface area (Å²) >= 11 is 0. The van der Waals surface area contributed by atoms with Gasteiger partial charge in [-0.1, -0.05) is 31.0 Å². The van der Waals surface area contributed by atoms with Crippen molar-refractivity contribution < 1.29 is 28.6 Å². The highest BCUT2D eigenvalue weighted by molar-refractivity contribution is 5.83. The van der Waals surface area contributed by atoms with Gasteiger partial charge in [0.1, 0.15) is 23.3 Å². The smallest absolute Gasteiger partial charge is 0.324 e. The third-order valence-corrected chi connectivity index (χ3v) is 7.42. The molecule has 0 aromatic heterocycles. The van der Waals surface area contributed by atoms with Crippen molar-refractivity contribution in [1.29, 1.82) is 0 Å². The maximum absolute atomic E-state index is 13.5. The molecule has 0 amide bonds. The van der Waals surface area contributed by atoms with Gasteiger partial charge in [-0.15, -0.1) is 0 Å². The molecule has 1 fully saturated rings. The van der Waals surface area contributed by atoms with Crippen LogP contribution < -0.4 is 0 Å². The predicted octanol–water partition coefficient (Wildman–Crippen LogP) is 4.71. The minimum absolute atomic E-state index is 0.00597. The van der Waals surface area contributed by atoms with E-state index < -0.39 is 41.2 Å². The van der Waals surface area contributed by atoms with Crippen LogP contribution >= 0.6 is 0 Å². The summed E-state index contributed by atoms with van der Waals surface area (Å²) in [6.45, 7) is 20.2. The number of ether oxygens (including phenoxy) is 3. The lowest BCUT2D eigenvalue weighted by Crippen LogP contribution is -2.51. The van der Waals surface area contributed by atoms with Crippen LogP contribution in [0.25, 0.3) is 20.9 Å². The normalized spacial score (nSPS) is 18.1. The molecule has 15 heteroatoms. The Morgan fingerprint density at radius 1 is 0.689 bits per heavy atom. The van der Waals surface area contributed by atoms with E-state index in [0.717, 1.165) is 0 Å². The Morgan fingerprint density at radius 2 is 1.09 bits per heavy atom. The molecule has 0 N–H and O–H groups in total. The van der Waals surface area contributed by atoms with Crippen LogP contribution in [-0.2, 0) is 28.6 Å². The molecular weight excluding hydrogens is 582 g/mol. The Labute approximate surface area is 268 Å². The second-order valence-corrected chi connectivity index (χ2v) is 14.4. The maximum atomic E-state index is 13.5. The van der Waals surface area contributed by atoms with Gasteiger partial charge in [0.2, 0.25) is 0 Å². The van der Waals surface area contributed by atoms with Gasteiger partial charge in [0.25, 0.3) is 0 Å². The molecule has 1 rings (SSSR count). The standard InChI is InChI=1S/C30H55N9O6/c1-28(2,3)24(12-14-34-36-32)39-19-17-37(22(11-13-33-35-31)26(41)44-29(4,5)6)15-16-38(18-20-39)23(21-25(40)43-10)27(42)45-30(7,8)9/h22-24H,11-21H2,1-10H3/t22-,23-,24-/m1/s1. The van der Waals surface area contributed by atoms with Crippen molar-refractivity contribution in [2.24, 2.45) is 15.6 Å². The van der Waals surface area contributed by atoms with Gasteiger partial charge in [-0.3, -0.25) is 29.1 Å². The molecule has 45 heavy (non-hydrogen) atoms. The van der Waals surface area contributed by atoms with Crippen LogP contribution in [0.2, 0.25) is 0 Å². The van der Waals surface area contributed by atoms with E-state index in [2.05, 4.69) is 45.7 Å². The van der Waals surface area contributed by atoms with Crippen LogP contribution in [0.15, 0.2) is 10.2 Å². The van der Waals surface area contributed by atoms with Crippen LogP contribution in [0.3, 0.4) is 0 Å². The summed E-state index contributed by atoms with van der Waals surface area (Å²) in [6, 6.07) is -1.64. The van der Waals surface area contributed by atoms with Gasteiger partial charge < -0.3 is 14.2 Å². The molecule has 15 nitrogen and oxygen atoms in total. The summed E-state index contributed by atoms with van der Waals surface area (Å²) in [6.07, 6.45) is 0.658. The molecule has 3 atom stereocenters. The molecule has 0 spiro atoms. The van der Waals surface area contributed by atoms with Crippen molar-refractivity contribution in [2.75, 3.05) is 59.5 Å². The maximum Gasteiger partial charge on any atom is 0.324 e. The van der Waals surface area contributed by atoms with E-state index in [1.54, 1.807) is 41.5 Å². The molecular formula is C30H55N9O6. The van der Waals surface area contributed by atoms with Gasteiger partial charge in [0.15, 0.2) is 0 Å². The molecule has 1 saturated heterocycles. The summed E-state index contributed by atoms with van der Waals surface area (Å²) in [5, 5.41) is 7.46. The lowest BCUT2D eigenvalue weighted by molar-refractivity contribution is -0.166. The molecule has 256 valence electrons. The molecule has 0 aromatic rings. The molecule has 0 aromatic carbocycles. The highest BCUT2D eigenvalue weighted by Crippen LogP contribution is 2.28. The fraction of sp³-hybridized carbons (Fsp3) is 0.900. The number of carbonyl (C=O) groups is 3. The Hall–Kier alpha value is -3.09. The summed E-state index contributed by atoms with van der Waals surface area (Å²) in [7, 11) is 1.28. The first-order chi connectivity index (χ1) is 20.8. The van der Waals surface area contributed by atoms with E-state index >= 15 is 0 Å². The number of azide groups is 2. The van der Waals surface area contributed by atoms with Gasteiger partial charge >= 0.3 is 17.9 Å². The molecule has 0 bridgehead atoms. The van der Waals surface area contributed by atoms with Gasteiger partial charge in [-0.05, 0) is 70.9 Å². The highest BCUT2D eigenvalue weighted by Gasteiger charge is 2.38. The number of esters is 3. The second kappa shape index (κ2) is 18.2. The van der Waals surface area contributed by atoms with E-state index in [-0.39, 0.29) is 30.8 Å². The van der Waals surface area contributed by atoms with E-state index in [1.165, 1.54) is 7.11 Å². The van der Waals surface area contributed by atoms with Crippen LogP contribution in [0.1, 0.15) is 81.6 Å². The average molecular weight is 638 g/mol. The molecule has 1 aliphatic heterocycles. The van der Waals surface area contributed by atoms with Crippen molar-refractivity contribution in [3.05, 3.63) is 20.9 Å². The third-order valence-electron chi connectivity index (χ3n) is 7.42. The Kier molecular flexibility index (Phi) is 16.1. The van der Waals surface area contributed by atoms with Crippen molar-refractivity contribution in [3.8, 4) is 0 Å². The lowest BCUT2D eigenvalue weighted by atomic mass is 9.83. The summed E-state index contributed by atoms with van der Waals surface area (Å²) in [5.74, 6) is -1.50. The molecule has 0 aliphatic carbocycles. The fourth-order valence-electron chi connectivity index (χ4n) is 5.45. The number of nitrogens with zero attached hydrogens (tertiary/aromatic N) is 9. The second-order valence-electron chi connectivity index (χ2n) is 14.4. The van der Waals surface area contributed by atoms with E-state index in [9.17, 15) is 14.4 Å². The first kappa shape index (κ1) is 39.9. The Bertz CT molecular complexity index is 1070. The molecule has 0 saturated carbocycles. The zero-order valence-electron chi connectivity index (χ0n) is 29.0. The van der Waals surface area contributed by atoms with Gasteiger partial charge in [-0.2, -0.15) is 0 Å². The number of carbonyl (C=O) groups excluding carboxylic acids is 3. The zero-order valence-corrected chi connectivity index (χ0v) is 29.0. The lowest BCUT2D eigenvalue weighted by Gasteiger charge is -2.41. The largest absolute Gasteiger partial charge is 0.469 e. The van der Waals surface area contributed by atoms with E-state index in [0.29, 0.717) is 52.2 Å². The van der Waals surface area contributed by atoms with E-state index in [4.69, 9.17) is 25.3 Å². The number of methoxy groups -OCH3 is 1. The SMILES string of the molecule is COC(=O)C[C@H](C(=O)OC(C)(C)C)N1CCN([C@H](CCN=[N+]=[N-])C(=O)OC(C)(C)C)CCN([C@H](CCN=[N+]=[N-])C(C)(C)C)CC1. The minimum Gasteiger partial charge on any atom is -0.469 e. The molecule has 0 radical (unpaired) electrons. The topological polar surface area (TPSA) is 186 Å². The van der Waals surface area contributed by atoms with E-state index in [1.807, 2.05) is 9.80 Å². The highest BCUT2D eigenvalue weighted by atomic mass is 16.6. The number of hydrogen-bond acceptors (Lipinski definition) is 11. The first-order valence-electron chi connectivity index (χ1n) is 15.6. The number of rotatable bonds is 13. The van der Waals surface area contributed by atoms with Crippen molar-refractivity contribution in [1.82, 2.24) is 14.7 Å². The molecule has 1 heterocycles. The Balaban J connectivity index is 3.65. The van der Waals surface area contributed by atoms with Gasteiger partial charge in [0, 0.05) is 68.2 Å². The van der Waals surface area contributed by atoms with Crippen molar-refractivity contribution >= 4 is 17.9 Å².